The molecule has 3 rings (SSSR count). The zero-order valence-electron chi connectivity index (χ0n) is 12.0. The molecule has 0 aliphatic heterocycles. The van der Waals surface area contributed by atoms with Gasteiger partial charge in [-0.2, -0.15) is 0 Å². The average molecular weight is 282 g/mol. The lowest BCUT2D eigenvalue weighted by atomic mass is 9.86. The fourth-order valence-corrected chi connectivity index (χ4v) is 3.43. The van der Waals surface area contributed by atoms with Crippen LogP contribution in [0.2, 0.25) is 0 Å². The lowest BCUT2D eigenvalue weighted by molar-refractivity contribution is -0.142. The first-order chi connectivity index (χ1) is 10.1. The molecule has 0 aromatic heterocycles. The molecule has 0 bridgehead atoms. The fraction of sp³-hybridized carbons (Fsp3) is 0.333. The normalized spacial score (nSPS) is 21.6. The Bertz CT molecular complexity index is 717. The van der Waals surface area contributed by atoms with Crippen LogP contribution in [0.15, 0.2) is 36.4 Å². The Hall–Kier alpha value is -2.16. The number of ketones is 1. The molecule has 1 saturated carbocycles. The number of hydrogen-bond donors (Lipinski definition) is 1. The summed E-state index contributed by atoms with van der Waals surface area (Å²) < 4.78 is 0. The Morgan fingerprint density at radius 3 is 2.38 bits per heavy atom. The zero-order chi connectivity index (χ0) is 15.0. The molecule has 2 atom stereocenters. The summed E-state index contributed by atoms with van der Waals surface area (Å²) in [6.07, 6.45) is 2.10. The predicted octanol–water partition coefficient (Wildman–Crippen LogP) is 3.83. The highest BCUT2D eigenvalue weighted by molar-refractivity contribution is 6.10. The number of rotatable bonds is 3. The van der Waals surface area contributed by atoms with Crippen molar-refractivity contribution in [2.24, 2.45) is 11.8 Å². The summed E-state index contributed by atoms with van der Waals surface area (Å²) in [6, 6.07) is 11.6. The lowest BCUT2D eigenvalue weighted by Gasteiger charge is -2.16. The molecule has 1 N–H and O–H groups in total. The number of benzene rings is 2. The summed E-state index contributed by atoms with van der Waals surface area (Å²) in [5.41, 5.74) is 1.79. The van der Waals surface area contributed by atoms with E-state index >= 15 is 0 Å². The summed E-state index contributed by atoms with van der Waals surface area (Å²) in [5.74, 6) is -1.77. The second kappa shape index (κ2) is 5.32. The topological polar surface area (TPSA) is 54.4 Å². The van der Waals surface area contributed by atoms with E-state index in [9.17, 15) is 14.7 Å². The Labute approximate surface area is 123 Å². The number of hydrogen-bond acceptors (Lipinski definition) is 2. The van der Waals surface area contributed by atoms with E-state index in [1.165, 1.54) is 0 Å². The monoisotopic (exact) mass is 282 g/mol. The van der Waals surface area contributed by atoms with Crippen LogP contribution in [0.1, 0.15) is 35.2 Å². The molecule has 1 fully saturated rings. The van der Waals surface area contributed by atoms with Gasteiger partial charge in [-0.1, -0.05) is 42.8 Å². The maximum Gasteiger partial charge on any atom is 0.307 e. The van der Waals surface area contributed by atoms with Gasteiger partial charge in [-0.3, -0.25) is 9.59 Å². The number of carboxylic acid groups (broad SMARTS) is 1. The van der Waals surface area contributed by atoms with Gasteiger partial charge in [0.2, 0.25) is 0 Å². The molecule has 1 aliphatic rings. The van der Waals surface area contributed by atoms with Gasteiger partial charge < -0.3 is 5.11 Å². The molecule has 2 aromatic rings. The van der Waals surface area contributed by atoms with Crippen molar-refractivity contribution in [3.05, 3.63) is 47.5 Å². The molecule has 1 aliphatic carbocycles. The van der Waals surface area contributed by atoms with Gasteiger partial charge in [0, 0.05) is 11.5 Å². The molecule has 2 unspecified atom stereocenters. The van der Waals surface area contributed by atoms with Crippen molar-refractivity contribution in [3.8, 4) is 0 Å². The van der Waals surface area contributed by atoms with Crippen LogP contribution >= 0.6 is 0 Å². The summed E-state index contributed by atoms with van der Waals surface area (Å²) >= 11 is 0. The Kier molecular flexibility index (Phi) is 3.50. The fourth-order valence-electron chi connectivity index (χ4n) is 3.43. The van der Waals surface area contributed by atoms with Crippen LogP contribution in [0.5, 0.6) is 0 Å². The van der Waals surface area contributed by atoms with Crippen molar-refractivity contribution in [2.45, 2.75) is 26.2 Å². The van der Waals surface area contributed by atoms with Gasteiger partial charge in [0.25, 0.3) is 0 Å². The van der Waals surface area contributed by atoms with Gasteiger partial charge >= 0.3 is 5.97 Å². The van der Waals surface area contributed by atoms with Crippen LogP contribution in [-0.2, 0) is 4.79 Å². The van der Waals surface area contributed by atoms with Crippen LogP contribution in [0, 0.1) is 18.8 Å². The number of aryl methyl sites for hydroxylation is 1. The molecule has 108 valence electrons. The minimum Gasteiger partial charge on any atom is -0.481 e. The molecule has 0 amide bonds. The summed E-state index contributed by atoms with van der Waals surface area (Å²) in [4.78, 5) is 24.1. The van der Waals surface area contributed by atoms with E-state index in [2.05, 4.69) is 0 Å². The van der Waals surface area contributed by atoms with Gasteiger partial charge in [-0.05, 0) is 36.1 Å². The number of carbonyl (C=O) groups is 2. The van der Waals surface area contributed by atoms with Crippen molar-refractivity contribution in [1.82, 2.24) is 0 Å². The predicted molar refractivity (Wildman–Crippen MR) is 81.5 cm³/mol. The van der Waals surface area contributed by atoms with E-state index in [0.29, 0.717) is 18.4 Å². The number of carboxylic acids is 1. The molecular weight excluding hydrogens is 264 g/mol. The summed E-state index contributed by atoms with van der Waals surface area (Å²) in [7, 11) is 0. The van der Waals surface area contributed by atoms with Gasteiger partial charge in [0.1, 0.15) is 0 Å². The molecule has 0 radical (unpaired) electrons. The lowest BCUT2D eigenvalue weighted by Crippen LogP contribution is -2.25. The van der Waals surface area contributed by atoms with E-state index in [0.717, 1.165) is 22.8 Å². The Balaban J connectivity index is 2.06. The molecule has 2 aromatic carbocycles. The second-order valence-corrected chi connectivity index (χ2v) is 5.82. The third kappa shape index (κ3) is 2.33. The number of aliphatic carboxylic acids is 1. The first-order valence-electron chi connectivity index (χ1n) is 7.35. The number of carbonyl (C=O) groups excluding carboxylic acids is 1. The van der Waals surface area contributed by atoms with E-state index < -0.39 is 11.9 Å². The molecule has 0 spiro atoms. The van der Waals surface area contributed by atoms with Crippen molar-refractivity contribution in [3.63, 3.8) is 0 Å². The molecule has 0 saturated heterocycles. The van der Waals surface area contributed by atoms with E-state index in [1.807, 2.05) is 43.3 Å². The average Bonchev–Trinajstić information content (AvgIpc) is 2.97. The summed E-state index contributed by atoms with van der Waals surface area (Å²) in [6.45, 7) is 2.02. The third-order valence-corrected chi connectivity index (χ3v) is 4.58. The smallest absolute Gasteiger partial charge is 0.307 e. The van der Waals surface area contributed by atoms with Crippen LogP contribution in [0.4, 0.5) is 0 Å². The molecule has 3 heteroatoms. The Morgan fingerprint density at radius 1 is 1.00 bits per heavy atom. The van der Waals surface area contributed by atoms with Gasteiger partial charge in [0.05, 0.1) is 5.92 Å². The van der Waals surface area contributed by atoms with Gasteiger partial charge in [-0.25, -0.2) is 0 Å². The van der Waals surface area contributed by atoms with Crippen molar-refractivity contribution in [1.29, 1.82) is 0 Å². The van der Waals surface area contributed by atoms with Crippen LogP contribution in [0.25, 0.3) is 10.8 Å². The van der Waals surface area contributed by atoms with Crippen LogP contribution in [0.3, 0.4) is 0 Å². The quantitative estimate of drug-likeness (QED) is 0.870. The number of fused-ring (bicyclic) bond motifs is 1. The first kappa shape index (κ1) is 13.8. The molecular formula is C18H18O3. The minimum absolute atomic E-state index is 0.0175. The largest absolute Gasteiger partial charge is 0.481 e. The Morgan fingerprint density at radius 2 is 1.67 bits per heavy atom. The summed E-state index contributed by atoms with van der Waals surface area (Å²) in [5, 5.41) is 11.3. The maximum atomic E-state index is 12.8. The van der Waals surface area contributed by atoms with Gasteiger partial charge in [0.15, 0.2) is 5.78 Å². The number of Topliss-reactive ketones (excluding diaryl/α,β-unsaturated/α-hetero) is 1. The highest BCUT2D eigenvalue weighted by Gasteiger charge is 2.38. The highest BCUT2D eigenvalue weighted by atomic mass is 16.4. The highest BCUT2D eigenvalue weighted by Crippen LogP contribution is 2.36. The molecule has 21 heavy (non-hydrogen) atoms. The second-order valence-electron chi connectivity index (χ2n) is 5.82. The minimum atomic E-state index is -0.845. The zero-order valence-corrected chi connectivity index (χ0v) is 12.0. The first-order valence-corrected chi connectivity index (χ1v) is 7.35. The van der Waals surface area contributed by atoms with E-state index in [-0.39, 0.29) is 11.7 Å². The molecule has 3 nitrogen and oxygen atoms in total. The van der Waals surface area contributed by atoms with Crippen molar-refractivity contribution < 1.29 is 14.7 Å². The van der Waals surface area contributed by atoms with E-state index in [1.54, 1.807) is 0 Å². The van der Waals surface area contributed by atoms with Crippen LogP contribution < -0.4 is 0 Å². The third-order valence-electron chi connectivity index (χ3n) is 4.58. The van der Waals surface area contributed by atoms with Crippen molar-refractivity contribution in [2.75, 3.05) is 0 Å². The maximum absolute atomic E-state index is 12.8. The van der Waals surface area contributed by atoms with Crippen molar-refractivity contribution >= 4 is 22.5 Å². The standard InChI is InChI=1S/C18H18O3/c1-11-9-10-15(13-6-3-2-5-12(11)13)17(19)14-7-4-8-16(14)18(20)21/h2-3,5-6,9-10,14,16H,4,7-8H2,1H3,(H,20,21). The van der Waals surface area contributed by atoms with Gasteiger partial charge in [-0.15, -0.1) is 0 Å². The molecule has 0 heterocycles. The van der Waals surface area contributed by atoms with Crippen LogP contribution in [-0.4, -0.2) is 16.9 Å². The SMILES string of the molecule is Cc1ccc(C(=O)C2CCCC2C(=O)O)c2ccccc12. The van der Waals surface area contributed by atoms with E-state index in [4.69, 9.17) is 0 Å².